The van der Waals surface area contributed by atoms with E-state index in [1.54, 1.807) is 0 Å². The van der Waals surface area contributed by atoms with Crippen molar-refractivity contribution in [3.63, 3.8) is 0 Å². The summed E-state index contributed by atoms with van der Waals surface area (Å²) in [5, 5.41) is 0.0395. The average molecular weight is 290 g/mol. The summed E-state index contributed by atoms with van der Waals surface area (Å²) < 4.78 is 61.1. The zero-order valence-electron chi connectivity index (χ0n) is 7.15. The van der Waals surface area contributed by atoms with E-state index in [0.29, 0.717) is 6.07 Å². The van der Waals surface area contributed by atoms with Gasteiger partial charge >= 0.3 is 6.18 Å². The molecule has 1 heterocycles. The number of aromatic nitrogens is 1. The highest BCUT2D eigenvalue weighted by Crippen LogP contribution is 2.31. The summed E-state index contributed by atoms with van der Waals surface area (Å²) >= 11 is 2.90. The molecule has 0 N–H and O–H groups in total. The van der Waals surface area contributed by atoms with Gasteiger partial charge in [-0.05, 0) is 11.6 Å². The van der Waals surface area contributed by atoms with Gasteiger partial charge in [-0.1, -0.05) is 22.0 Å². The Morgan fingerprint density at radius 2 is 1.87 bits per heavy atom. The maximum atomic E-state index is 12.3. The summed E-state index contributed by atoms with van der Waals surface area (Å²) in [4.78, 5) is 2.91. The molecule has 1 aromatic rings. The van der Waals surface area contributed by atoms with Crippen LogP contribution >= 0.6 is 15.9 Å². The van der Waals surface area contributed by atoms with Gasteiger partial charge in [0.05, 0.1) is 0 Å². The van der Waals surface area contributed by atoms with Crippen molar-refractivity contribution in [3.8, 4) is 0 Å². The summed E-state index contributed by atoms with van der Waals surface area (Å²) in [5.74, 6) is 0. The molecule has 1 nitrogen and oxygen atoms in total. The van der Waals surface area contributed by atoms with Crippen LogP contribution in [0.5, 0.6) is 0 Å². The van der Waals surface area contributed by atoms with E-state index in [0.717, 1.165) is 6.07 Å². The summed E-state index contributed by atoms with van der Waals surface area (Å²) in [7, 11) is 0. The molecule has 15 heavy (non-hydrogen) atoms. The lowest BCUT2D eigenvalue weighted by Gasteiger charge is -2.10. The highest BCUT2D eigenvalue weighted by atomic mass is 79.9. The van der Waals surface area contributed by atoms with Crippen molar-refractivity contribution >= 4 is 15.9 Å². The first kappa shape index (κ1) is 12.4. The monoisotopic (exact) mass is 289 g/mol. The zero-order chi connectivity index (χ0) is 11.6. The van der Waals surface area contributed by atoms with Crippen molar-refractivity contribution in [2.75, 3.05) is 0 Å². The first-order valence-corrected chi connectivity index (χ1v) is 4.89. The second-order valence-corrected chi connectivity index (χ2v) is 3.23. The third kappa shape index (κ3) is 2.87. The van der Waals surface area contributed by atoms with Gasteiger partial charge in [-0.15, -0.1) is 0 Å². The molecular weight excluding hydrogens is 285 g/mol. The fourth-order valence-electron chi connectivity index (χ4n) is 0.964. The van der Waals surface area contributed by atoms with Crippen molar-refractivity contribution in [2.24, 2.45) is 0 Å². The minimum Gasteiger partial charge on any atom is -0.242 e. The van der Waals surface area contributed by atoms with Gasteiger partial charge < -0.3 is 0 Å². The van der Waals surface area contributed by atoms with E-state index in [-0.39, 0.29) is 10.9 Å². The standard InChI is InChI=1S/C8H5BrF5N/c9-3-4-1-2-5(8(12,13)14)15-6(4)7(10)11/h1-2,7H,3H2. The highest BCUT2D eigenvalue weighted by Gasteiger charge is 2.33. The second kappa shape index (κ2) is 4.42. The van der Waals surface area contributed by atoms with E-state index in [1.807, 2.05) is 0 Å². The molecule has 0 atom stereocenters. The van der Waals surface area contributed by atoms with Gasteiger partial charge in [0.25, 0.3) is 6.43 Å². The van der Waals surface area contributed by atoms with Crippen LogP contribution < -0.4 is 0 Å². The average Bonchev–Trinajstić information content (AvgIpc) is 2.15. The Balaban J connectivity index is 3.22. The predicted octanol–water partition coefficient (Wildman–Crippen LogP) is 3.93. The van der Waals surface area contributed by atoms with Crippen molar-refractivity contribution in [3.05, 3.63) is 29.1 Å². The van der Waals surface area contributed by atoms with Crippen molar-refractivity contribution in [1.82, 2.24) is 4.98 Å². The van der Waals surface area contributed by atoms with Gasteiger partial charge in [-0.2, -0.15) is 13.2 Å². The highest BCUT2D eigenvalue weighted by molar-refractivity contribution is 9.08. The van der Waals surface area contributed by atoms with Crippen LogP contribution in [0.2, 0.25) is 0 Å². The molecule has 0 aromatic carbocycles. The van der Waals surface area contributed by atoms with E-state index >= 15 is 0 Å². The lowest BCUT2D eigenvalue weighted by atomic mass is 10.2. The number of hydrogen-bond acceptors (Lipinski definition) is 1. The minimum absolute atomic E-state index is 0.0395. The molecule has 0 amide bonds. The minimum atomic E-state index is -4.70. The van der Waals surface area contributed by atoms with Crippen LogP contribution in [0.4, 0.5) is 22.0 Å². The zero-order valence-corrected chi connectivity index (χ0v) is 8.74. The largest absolute Gasteiger partial charge is 0.433 e. The molecule has 0 bridgehead atoms. The fourth-order valence-corrected chi connectivity index (χ4v) is 1.44. The third-order valence-electron chi connectivity index (χ3n) is 1.65. The Kier molecular flexibility index (Phi) is 3.64. The predicted molar refractivity (Wildman–Crippen MR) is 46.8 cm³/mol. The summed E-state index contributed by atoms with van der Waals surface area (Å²) in [6.07, 6.45) is -7.71. The number of rotatable bonds is 2. The van der Waals surface area contributed by atoms with Crippen molar-refractivity contribution in [2.45, 2.75) is 17.9 Å². The molecule has 0 saturated heterocycles. The second-order valence-electron chi connectivity index (χ2n) is 2.67. The molecule has 0 radical (unpaired) electrons. The first-order chi connectivity index (χ1) is 6.86. The number of halogens is 6. The molecule has 1 aromatic heterocycles. The lowest BCUT2D eigenvalue weighted by Crippen LogP contribution is -2.11. The number of alkyl halides is 6. The number of hydrogen-bond donors (Lipinski definition) is 0. The summed E-state index contributed by atoms with van der Waals surface area (Å²) in [6, 6.07) is 1.68. The first-order valence-electron chi connectivity index (χ1n) is 3.77. The SMILES string of the molecule is FC(F)c1nc(C(F)(F)F)ccc1CBr. The van der Waals surface area contributed by atoms with Crippen LogP contribution in [0.1, 0.15) is 23.4 Å². The fraction of sp³-hybridized carbons (Fsp3) is 0.375. The van der Waals surface area contributed by atoms with Gasteiger partial charge in [-0.25, -0.2) is 13.8 Å². The molecule has 0 aliphatic rings. The molecule has 1 rings (SSSR count). The smallest absolute Gasteiger partial charge is 0.242 e. The summed E-state index contributed by atoms with van der Waals surface area (Å²) in [6.45, 7) is 0. The van der Waals surface area contributed by atoms with E-state index in [4.69, 9.17) is 0 Å². The molecule has 84 valence electrons. The van der Waals surface area contributed by atoms with Crippen LogP contribution in [0.15, 0.2) is 12.1 Å². The van der Waals surface area contributed by atoms with Crippen LogP contribution in [0, 0.1) is 0 Å². The summed E-state index contributed by atoms with van der Waals surface area (Å²) in [5.41, 5.74) is -2.08. The third-order valence-corrected chi connectivity index (χ3v) is 2.26. The normalized spacial score (nSPS) is 12.2. The van der Waals surface area contributed by atoms with Crippen molar-refractivity contribution in [1.29, 1.82) is 0 Å². The molecule has 0 aliphatic heterocycles. The van der Waals surface area contributed by atoms with E-state index in [9.17, 15) is 22.0 Å². The number of nitrogens with zero attached hydrogens (tertiary/aromatic N) is 1. The van der Waals surface area contributed by atoms with Crippen molar-refractivity contribution < 1.29 is 22.0 Å². The van der Waals surface area contributed by atoms with Gasteiger partial charge in [0, 0.05) is 5.33 Å². The van der Waals surface area contributed by atoms with E-state index < -0.39 is 24.0 Å². The molecule has 0 spiro atoms. The Bertz CT molecular complexity index is 349. The maximum absolute atomic E-state index is 12.3. The Labute approximate surface area is 90.4 Å². The number of pyridine rings is 1. The maximum Gasteiger partial charge on any atom is 0.433 e. The van der Waals surface area contributed by atoms with E-state index in [2.05, 4.69) is 20.9 Å². The van der Waals surface area contributed by atoms with Crippen LogP contribution in [-0.4, -0.2) is 4.98 Å². The molecule has 0 aliphatic carbocycles. The van der Waals surface area contributed by atoms with Crippen LogP contribution in [0.3, 0.4) is 0 Å². The molecular formula is C8H5BrF5N. The Morgan fingerprint density at radius 1 is 1.27 bits per heavy atom. The van der Waals surface area contributed by atoms with Gasteiger partial charge in [0.2, 0.25) is 0 Å². The Hall–Kier alpha value is -0.720. The van der Waals surface area contributed by atoms with Crippen LogP contribution in [0.25, 0.3) is 0 Å². The Morgan fingerprint density at radius 3 is 2.27 bits per heavy atom. The van der Waals surface area contributed by atoms with Gasteiger partial charge in [0.15, 0.2) is 0 Å². The molecule has 0 fully saturated rings. The van der Waals surface area contributed by atoms with Gasteiger partial charge in [-0.3, -0.25) is 0 Å². The van der Waals surface area contributed by atoms with Gasteiger partial charge in [0.1, 0.15) is 11.4 Å². The molecule has 7 heteroatoms. The van der Waals surface area contributed by atoms with E-state index in [1.165, 1.54) is 0 Å². The lowest BCUT2D eigenvalue weighted by molar-refractivity contribution is -0.141. The quantitative estimate of drug-likeness (QED) is 0.594. The molecule has 0 saturated carbocycles. The topological polar surface area (TPSA) is 12.9 Å². The molecule has 0 unspecified atom stereocenters. The van der Waals surface area contributed by atoms with Crippen LogP contribution in [-0.2, 0) is 11.5 Å².